The van der Waals surface area contributed by atoms with Gasteiger partial charge in [0.2, 0.25) is 0 Å². The van der Waals surface area contributed by atoms with Gasteiger partial charge in [-0.3, -0.25) is 37.3 Å². The van der Waals surface area contributed by atoms with E-state index in [0.29, 0.717) is 31.6 Å². The zero-order chi connectivity index (χ0) is 68.2. The number of esters is 4. The van der Waals surface area contributed by atoms with Gasteiger partial charge in [0.1, 0.15) is 19.3 Å². The predicted molar refractivity (Wildman–Crippen MR) is 372 cm³/mol. The van der Waals surface area contributed by atoms with Crippen molar-refractivity contribution in [3.63, 3.8) is 0 Å². The van der Waals surface area contributed by atoms with Gasteiger partial charge in [-0.15, -0.1) is 0 Å². The summed E-state index contributed by atoms with van der Waals surface area (Å²) in [6, 6.07) is 0. The van der Waals surface area contributed by atoms with Crippen LogP contribution in [0.1, 0.15) is 364 Å². The first-order valence-corrected chi connectivity index (χ1v) is 40.8. The molecule has 0 bridgehead atoms. The van der Waals surface area contributed by atoms with Gasteiger partial charge in [0.25, 0.3) is 0 Å². The molecule has 0 aromatic heterocycles. The van der Waals surface area contributed by atoms with E-state index in [4.69, 9.17) is 37.0 Å². The van der Waals surface area contributed by atoms with Crippen LogP contribution in [0.2, 0.25) is 0 Å². The van der Waals surface area contributed by atoms with Gasteiger partial charge in [-0.2, -0.15) is 0 Å². The molecule has 0 aliphatic heterocycles. The quantitative estimate of drug-likeness (QED) is 0.0222. The van der Waals surface area contributed by atoms with Crippen LogP contribution in [-0.2, 0) is 65.4 Å². The largest absolute Gasteiger partial charge is 0.472 e. The van der Waals surface area contributed by atoms with E-state index in [1.807, 2.05) is 0 Å². The number of aliphatic hydroxyl groups is 1. The number of carbonyl (C=O) groups is 4. The van der Waals surface area contributed by atoms with Gasteiger partial charge in [0, 0.05) is 25.7 Å². The molecule has 7 atom stereocenters. The average Bonchev–Trinajstić information content (AvgIpc) is 2.21. The number of aliphatic hydroxyl groups excluding tert-OH is 1. The summed E-state index contributed by atoms with van der Waals surface area (Å²) in [4.78, 5) is 72.6. The van der Waals surface area contributed by atoms with E-state index in [1.54, 1.807) is 0 Å². The highest BCUT2D eigenvalue weighted by Gasteiger charge is 2.30. The Hall–Kier alpha value is -1.94. The summed E-state index contributed by atoms with van der Waals surface area (Å²) >= 11 is 0. The molecule has 0 aromatic rings. The lowest BCUT2D eigenvalue weighted by Gasteiger charge is -2.21. The maximum Gasteiger partial charge on any atom is 0.472 e. The van der Waals surface area contributed by atoms with E-state index in [2.05, 4.69) is 55.4 Å². The Morgan fingerprint density at radius 2 is 0.522 bits per heavy atom. The average molecular weight is 1350 g/mol. The van der Waals surface area contributed by atoms with E-state index in [1.165, 1.54) is 161 Å². The van der Waals surface area contributed by atoms with E-state index in [9.17, 15) is 43.2 Å². The van der Waals surface area contributed by atoms with Crippen LogP contribution < -0.4 is 0 Å². The number of unbranched alkanes of at least 4 members (excludes halogenated alkanes) is 34. The molecule has 92 heavy (non-hydrogen) atoms. The molecule has 3 N–H and O–H groups in total. The molecule has 0 spiro atoms. The smallest absolute Gasteiger partial charge is 0.462 e. The fraction of sp³-hybridized carbons (Fsp3) is 0.945. The lowest BCUT2D eigenvalue weighted by atomic mass is 9.99. The summed E-state index contributed by atoms with van der Waals surface area (Å²) in [6.07, 6.45) is 45.9. The second kappa shape index (κ2) is 62.6. The molecule has 0 saturated carbocycles. The molecule has 0 fully saturated rings. The first-order chi connectivity index (χ1) is 44.2. The van der Waals surface area contributed by atoms with Crippen LogP contribution >= 0.6 is 15.6 Å². The predicted octanol–water partition coefficient (Wildman–Crippen LogP) is 20.9. The molecule has 0 aromatic carbocycles. The van der Waals surface area contributed by atoms with Gasteiger partial charge in [-0.1, -0.05) is 312 Å². The monoisotopic (exact) mass is 1350 g/mol. The first-order valence-electron chi connectivity index (χ1n) is 37.8. The third kappa shape index (κ3) is 64.1. The van der Waals surface area contributed by atoms with Gasteiger partial charge in [0.05, 0.1) is 26.4 Å². The minimum Gasteiger partial charge on any atom is -0.462 e. The van der Waals surface area contributed by atoms with Crippen LogP contribution in [0.5, 0.6) is 0 Å². The van der Waals surface area contributed by atoms with Crippen LogP contribution in [0.3, 0.4) is 0 Å². The maximum absolute atomic E-state index is 13.1. The third-order valence-electron chi connectivity index (χ3n) is 17.5. The van der Waals surface area contributed by atoms with Crippen molar-refractivity contribution >= 4 is 39.5 Å². The van der Waals surface area contributed by atoms with E-state index in [0.717, 1.165) is 114 Å². The molecule has 0 saturated heterocycles. The zero-order valence-corrected chi connectivity index (χ0v) is 62.0. The van der Waals surface area contributed by atoms with Crippen LogP contribution in [0.25, 0.3) is 0 Å². The minimum atomic E-state index is -4.96. The summed E-state index contributed by atoms with van der Waals surface area (Å²) in [6.45, 7) is 14.1. The molecule has 19 heteroatoms. The normalized spacial score (nSPS) is 14.8. The molecular weight excluding hydrogens is 1210 g/mol. The van der Waals surface area contributed by atoms with Crippen molar-refractivity contribution in [1.82, 2.24) is 0 Å². The highest BCUT2D eigenvalue weighted by molar-refractivity contribution is 7.47. The standard InChI is InChI=1S/C73H142O17P2/c1-9-65(7)51-43-35-27-21-18-19-23-29-39-47-55-72(77)89-68(59-83-70(75)53-45-37-28-22-17-15-13-11-12-14-16-20-25-33-41-49-63(3)4)61-87-91(79,80)85-57-67(74)58-86-92(81,82)88-62-69(90-73(78)56-48-40-30-24-26-34-42-50-64(5)6)60-84-71(76)54-46-38-32-31-36-44-52-66(8)10-2/h63-69,74H,9-62H2,1-8H3,(H,79,80)(H,81,82)/t65?,66?,67-,68-,69-/m1/s1. The summed E-state index contributed by atoms with van der Waals surface area (Å²) in [5, 5.41) is 10.6. The molecule has 0 radical (unpaired) electrons. The molecular formula is C73H142O17P2. The summed E-state index contributed by atoms with van der Waals surface area (Å²) in [5.41, 5.74) is 0. The SMILES string of the molecule is CCC(C)CCCCCCCCCCCCC(=O)O[C@H](COC(=O)CCCCCCCCCCCCCCCCCC(C)C)COP(=O)(O)OC[C@@H](O)COP(=O)(O)OC[C@@H](COC(=O)CCCCCCCCC(C)CC)OC(=O)CCCCCCCCCC(C)C. The molecule has 0 heterocycles. The zero-order valence-electron chi connectivity index (χ0n) is 60.2. The molecule has 0 aliphatic carbocycles. The van der Waals surface area contributed by atoms with Crippen LogP contribution in [0.4, 0.5) is 0 Å². The van der Waals surface area contributed by atoms with Crippen LogP contribution in [-0.4, -0.2) is 96.7 Å². The Labute approximate surface area is 562 Å². The third-order valence-corrected chi connectivity index (χ3v) is 19.4. The molecule has 0 rings (SSSR count). The van der Waals surface area contributed by atoms with Crippen molar-refractivity contribution in [3.8, 4) is 0 Å². The highest BCUT2D eigenvalue weighted by Crippen LogP contribution is 2.45. The summed E-state index contributed by atoms with van der Waals surface area (Å²) in [7, 11) is -9.91. The lowest BCUT2D eigenvalue weighted by Crippen LogP contribution is -2.30. The lowest BCUT2D eigenvalue weighted by molar-refractivity contribution is -0.161. The van der Waals surface area contributed by atoms with Crippen molar-refractivity contribution in [3.05, 3.63) is 0 Å². The Morgan fingerprint density at radius 3 is 0.772 bits per heavy atom. The Balaban J connectivity index is 5.23. The first kappa shape index (κ1) is 90.1. The number of ether oxygens (including phenoxy) is 4. The maximum atomic E-state index is 13.1. The van der Waals surface area contributed by atoms with Gasteiger partial charge >= 0.3 is 39.5 Å². The van der Waals surface area contributed by atoms with Gasteiger partial charge < -0.3 is 33.8 Å². The Morgan fingerprint density at radius 1 is 0.304 bits per heavy atom. The van der Waals surface area contributed by atoms with Gasteiger partial charge in [0.15, 0.2) is 12.2 Å². The van der Waals surface area contributed by atoms with Crippen molar-refractivity contribution < 1.29 is 80.2 Å². The van der Waals surface area contributed by atoms with Crippen molar-refractivity contribution in [1.29, 1.82) is 0 Å². The molecule has 0 amide bonds. The number of hydrogen-bond acceptors (Lipinski definition) is 15. The number of phosphoric acid groups is 2. The van der Waals surface area contributed by atoms with Crippen LogP contribution in [0.15, 0.2) is 0 Å². The minimum absolute atomic E-state index is 0.102. The van der Waals surface area contributed by atoms with Crippen LogP contribution in [0, 0.1) is 23.7 Å². The second-order valence-electron chi connectivity index (χ2n) is 27.8. The molecule has 17 nitrogen and oxygen atoms in total. The molecule has 0 aliphatic rings. The Kier molecular flexibility index (Phi) is 61.3. The summed E-state index contributed by atoms with van der Waals surface area (Å²) < 4.78 is 68.4. The fourth-order valence-electron chi connectivity index (χ4n) is 11.0. The topological polar surface area (TPSA) is 237 Å². The number of phosphoric ester groups is 2. The van der Waals surface area contributed by atoms with Gasteiger partial charge in [-0.25, -0.2) is 9.13 Å². The highest BCUT2D eigenvalue weighted by atomic mass is 31.2. The Bertz CT molecular complexity index is 1820. The molecule has 546 valence electrons. The van der Waals surface area contributed by atoms with E-state index < -0.39 is 97.5 Å². The number of carbonyl (C=O) groups excluding carboxylic acids is 4. The fourth-order valence-corrected chi connectivity index (χ4v) is 12.5. The van der Waals surface area contributed by atoms with E-state index in [-0.39, 0.29) is 25.7 Å². The number of hydrogen-bond donors (Lipinski definition) is 3. The van der Waals surface area contributed by atoms with Crippen molar-refractivity contribution in [2.45, 2.75) is 382 Å². The molecule has 4 unspecified atom stereocenters. The van der Waals surface area contributed by atoms with Crippen molar-refractivity contribution in [2.24, 2.45) is 23.7 Å². The summed E-state index contributed by atoms with van der Waals surface area (Å²) in [5.74, 6) is 0.908. The number of rotatable bonds is 70. The van der Waals surface area contributed by atoms with Gasteiger partial charge in [-0.05, 0) is 49.4 Å². The van der Waals surface area contributed by atoms with E-state index >= 15 is 0 Å². The second-order valence-corrected chi connectivity index (χ2v) is 30.7. The van der Waals surface area contributed by atoms with Crippen molar-refractivity contribution in [2.75, 3.05) is 39.6 Å².